The topological polar surface area (TPSA) is 60.4 Å². The minimum Gasteiger partial charge on any atom is -0.444 e. The summed E-state index contributed by atoms with van der Waals surface area (Å²) >= 11 is 0. The Balaban J connectivity index is 0.00000320. The zero-order valence-electron chi connectivity index (χ0n) is 19.5. The normalized spacial score (nSPS) is 23.1. The van der Waals surface area contributed by atoms with E-state index in [-0.39, 0.29) is 36.1 Å². The van der Waals surface area contributed by atoms with Crippen LogP contribution in [0.15, 0.2) is 4.99 Å². The number of hydrogen-bond donors (Lipinski definition) is 1. The van der Waals surface area contributed by atoms with Gasteiger partial charge in [-0.05, 0) is 71.5 Å². The molecule has 174 valence electrons. The number of amides is 1. The molecule has 0 aromatic carbocycles. The molecule has 3 heterocycles. The molecule has 0 radical (unpaired) electrons. The summed E-state index contributed by atoms with van der Waals surface area (Å²) in [5.41, 5.74) is -0.447. The van der Waals surface area contributed by atoms with E-state index in [1.807, 2.05) is 25.7 Å². The number of carbonyl (C=O) groups excluding carboxylic acids is 1. The average Bonchev–Trinajstić information content (AvgIpc) is 3.06. The van der Waals surface area contributed by atoms with Gasteiger partial charge in [0.15, 0.2) is 5.96 Å². The van der Waals surface area contributed by atoms with Crippen LogP contribution in [0.5, 0.6) is 0 Å². The lowest BCUT2D eigenvalue weighted by atomic mass is 9.96. The lowest BCUT2D eigenvalue weighted by molar-refractivity contribution is 0.0137. The van der Waals surface area contributed by atoms with Crippen molar-refractivity contribution in [2.24, 2.45) is 16.8 Å². The van der Waals surface area contributed by atoms with Gasteiger partial charge in [-0.25, -0.2) is 4.79 Å². The molecule has 3 aliphatic heterocycles. The number of likely N-dealkylation sites (tertiary alicyclic amines) is 1. The van der Waals surface area contributed by atoms with Gasteiger partial charge in [-0.1, -0.05) is 13.8 Å². The molecule has 1 unspecified atom stereocenters. The molecular weight excluding hydrogens is 493 g/mol. The summed E-state index contributed by atoms with van der Waals surface area (Å²) in [5, 5.41) is 3.62. The quantitative estimate of drug-likeness (QED) is 0.548. The molecule has 30 heavy (non-hydrogen) atoms. The highest BCUT2D eigenvalue weighted by Crippen LogP contribution is 2.20. The largest absolute Gasteiger partial charge is 0.444 e. The van der Waals surface area contributed by atoms with Gasteiger partial charge < -0.3 is 24.8 Å². The molecule has 8 heteroatoms. The van der Waals surface area contributed by atoms with E-state index in [1.54, 1.807) is 0 Å². The molecule has 3 rings (SSSR count). The fourth-order valence-electron chi connectivity index (χ4n) is 4.31. The van der Waals surface area contributed by atoms with Gasteiger partial charge >= 0.3 is 6.09 Å². The van der Waals surface area contributed by atoms with Gasteiger partial charge in [0.25, 0.3) is 0 Å². The van der Waals surface area contributed by atoms with Crippen LogP contribution in [-0.2, 0) is 4.74 Å². The van der Waals surface area contributed by atoms with Crippen molar-refractivity contribution in [3.05, 3.63) is 0 Å². The third kappa shape index (κ3) is 7.43. The summed E-state index contributed by atoms with van der Waals surface area (Å²) in [5.74, 6) is 2.55. The van der Waals surface area contributed by atoms with Crippen molar-refractivity contribution in [3.8, 4) is 0 Å². The Labute approximate surface area is 200 Å². The summed E-state index contributed by atoms with van der Waals surface area (Å²) < 4.78 is 5.53. The first-order valence-corrected chi connectivity index (χ1v) is 11.5. The lowest BCUT2D eigenvalue weighted by Crippen LogP contribution is -2.58. The van der Waals surface area contributed by atoms with Crippen molar-refractivity contribution in [2.75, 3.05) is 52.4 Å². The number of piperidine rings is 1. The monoisotopic (exact) mass is 535 g/mol. The van der Waals surface area contributed by atoms with Gasteiger partial charge in [0.05, 0.1) is 12.6 Å². The van der Waals surface area contributed by atoms with Crippen LogP contribution in [-0.4, -0.2) is 90.8 Å². The van der Waals surface area contributed by atoms with Crippen molar-refractivity contribution < 1.29 is 9.53 Å². The van der Waals surface area contributed by atoms with E-state index in [0.717, 1.165) is 37.4 Å². The van der Waals surface area contributed by atoms with Crippen LogP contribution in [0.2, 0.25) is 0 Å². The number of guanidine groups is 1. The van der Waals surface area contributed by atoms with Crippen LogP contribution in [0.4, 0.5) is 4.79 Å². The summed E-state index contributed by atoms with van der Waals surface area (Å²) in [6, 6.07) is 0.275. The van der Waals surface area contributed by atoms with E-state index in [1.165, 1.54) is 38.9 Å². The molecule has 0 bridgehead atoms. The number of aliphatic imine (C=N–C) groups is 1. The highest BCUT2D eigenvalue weighted by Gasteiger charge is 2.36. The van der Waals surface area contributed by atoms with Crippen LogP contribution < -0.4 is 5.32 Å². The number of nitrogens with one attached hydrogen (secondary N) is 1. The molecule has 0 aromatic rings. The summed E-state index contributed by atoms with van der Waals surface area (Å²) in [6.45, 7) is 18.0. The average molecular weight is 536 g/mol. The van der Waals surface area contributed by atoms with E-state index >= 15 is 0 Å². The maximum absolute atomic E-state index is 12.4. The zero-order valence-corrected chi connectivity index (χ0v) is 21.9. The molecule has 1 atom stereocenters. The van der Waals surface area contributed by atoms with Crippen LogP contribution in [0, 0.1) is 11.8 Å². The Morgan fingerprint density at radius 3 is 2.53 bits per heavy atom. The van der Waals surface area contributed by atoms with E-state index in [9.17, 15) is 4.79 Å². The minimum absolute atomic E-state index is 0. The van der Waals surface area contributed by atoms with Crippen LogP contribution >= 0.6 is 24.0 Å². The Morgan fingerprint density at radius 1 is 1.20 bits per heavy atom. The van der Waals surface area contributed by atoms with Gasteiger partial charge in [0.2, 0.25) is 0 Å². The maximum atomic E-state index is 12.4. The fraction of sp³-hybridized carbons (Fsp3) is 0.909. The van der Waals surface area contributed by atoms with Crippen molar-refractivity contribution in [1.82, 2.24) is 20.0 Å². The van der Waals surface area contributed by atoms with Gasteiger partial charge in [0.1, 0.15) is 5.60 Å². The molecule has 2 fully saturated rings. The molecule has 0 aliphatic carbocycles. The lowest BCUT2D eigenvalue weighted by Gasteiger charge is -2.39. The smallest absolute Gasteiger partial charge is 0.410 e. The van der Waals surface area contributed by atoms with Crippen LogP contribution in [0.3, 0.4) is 0 Å². The Bertz CT molecular complexity index is 585. The Hall–Kier alpha value is -0.770. The maximum Gasteiger partial charge on any atom is 0.410 e. The van der Waals surface area contributed by atoms with Crippen LogP contribution in [0.25, 0.3) is 0 Å². The third-order valence-electron chi connectivity index (χ3n) is 6.14. The van der Waals surface area contributed by atoms with E-state index in [4.69, 9.17) is 9.73 Å². The molecule has 0 saturated carbocycles. The first-order valence-electron chi connectivity index (χ1n) is 11.5. The molecule has 1 N–H and O–H groups in total. The number of piperazine rings is 1. The zero-order chi connectivity index (χ0) is 21.0. The first-order chi connectivity index (χ1) is 13.7. The van der Waals surface area contributed by atoms with E-state index < -0.39 is 5.60 Å². The fourth-order valence-corrected chi connectivity index (χ4v) is 4.31. The van der Waals surface area contributed by atoms with Gasteiger partial charge in [0, 0.05) is 26.2 Å². The number of rotatable bonds is 5. The molecule has 3 aliphatic rings. The molecule has 0 spiro atoms. The number of fused-ring (bicyclic) bond motifs is 1. The van der Waals surface area contributed by atoms with Crippen LogP contribution in [0.1, 0.15) is 53.9 Å². The predicted octanol–water partition coefficient (Wildman–Crippen LogP) is 3.24. The highest BCUT2D eigenvalue weighted by atomic mass is 127. The second-order valence-corrected chi connectivity index (χ2v) is 10.3. The first kappa shape index (κ1) is 25.5. The molecule has 2 saturated heterocycles. The number of nitrogens with zero attached hydrogens (tertiary/aromatic N) is 4. The predicted molar refractivity (Wildman–Crippen MR) is 133 cm³/mol. The summed E-state index contributed by atoms with van der Waals surface area (Å²) in [6.07, 6.45) is 3.64. The second-order valence-electron chi connectivity index (χ2n) is 10.3. The molecule has 0 aromatic heterocycles. The van der Waals surface area contributed by atoms with Crippen molar-refractivity contribution >= 4 is 36.0 Å². The van der Waals surface area contributed by atoms with Crippen molar-refractivity contribution in [3.63, 3.8) is 0 Å². The van der Waals surface area contributed by atoms with E-state index in [2.05, 4.69) is 29.0 Å². The SMILES string of the molecule is CC(C)CCN1CCC(CNC2=NCC3CN(C(=O)OC(C)(C)C)CCN23)CC1.I. The minimum atomic E-state index is -0.447. The Morgan fingerprint density at radius 2 is 1.90 bits per heavy atom. The molecule has 7 nitrogen and oxygen atoms in total. The van der Waals surface area contributed by atoms with Gasteiger partial charge in [-0.3, -0.25) is 4.99 Å². The highest BCUT2D eigenvalue weighted by molar-refractivity contribution is 14.0. The number of halogens is 1. The standard InChI is InChI=1S/C22H41N5O2.HI/c1-17(2)6-9-25-10-7-18(8-11-25)14-23-20-24-15-19-16-26(12-13-27(19)20)21(28)29-22(3,4)5;/h17-19H,6-16H2,1-5H3,(H,23,24);1H. The number of hydrogen-bond acceptors (Lipinski definition) is 6. The van der Waals surface area contributed by atoms with Gasteiger partial charge in [-0.15, -0.1) is 24.0 Å². The van der Waals surface area contributed by atoms with Gasteiger partial charge in [-0.2, -0.15) is 0 Å². The number of ether oxygens (including phenoxy) is 1. The molecule has 1 amide bonds. The van der Waals surface area contributed by atoms with Crippen molar-refractivity contribution in [1.29, 1.82) is 0 Å². The summed E-state index contributed by atoms with van der Waals surface area (Å²) in [7, 11) is 0. The Kier molecular flexibility index (Phi) is 9.52. The number of carbonyl (C=O) groups is 1. The third-order valence-corrected chi connectivity index (χ3v) is 6.14. The summed E-state index contributed by atoms with van der Waals surface area (Å²) in [4.78, 5) is 23.9. The van der Waals surface area contributed by atoms with Crippen molar-refractivity contribution in [2.45, 2.75) is 65.5 Å². The second kappa shape index (κ2) is 11.2. The molecular formula is C22H42IN5O2. The van der Waals surface area contributed by atoms with E-state index in [0.29, 0.717) is 13.1 Å².